The zero-order valence-electron chi connectivity index (χ0n) is 36.6. The fourth-order valence-corrected chi connectivity index (χ4v) is 8.57. The van der Waals surface area contributed by atoms with Gasteiger partial charge in [-0.3, -0.25) is 28.6 Å². The Labute approximate surface area is 367 Å². The average Bonchev–Trinajstić information content (AvgIpc) is 3.18. The van der Waals surface area contributed by atoms with Crippen LogP contribution >= 0.6 is 0 Å². The van der Waals surface area contributed by atoms with Gasteiger partial charge in [0.25, 0.3) is 0 Å². The number of benzene rings is 3. The summed E-state index contributed by atoms with van der Waals surface area (Å²) in [6.45, 7) is 9.74. The Bertz CT molecular complexity index is 2640. The molecular formula is C45H55F2N5O9S2. The third kappa shape index (κ3) is 14.2. The molecule has 1 aromatic heterocycles. The van der Waals surface area contributed by atoms with Gasteiger partial charge in [-0.2, -0.15) is 0 Å². The van der Waals surface area contributed by atoms with E-state index in [1.165, 1.54) is 13.0 Å². The first kappa shape index (κ1) is 50.1. The SMILES string of the molecule is CC(=O)c1ccc2c(c1)CCC(C(=O)O)C2.CC(=O)c1ccc2c(n1)CCC(C(=O)N[C@H](C)c1cc(C)c(NS(C)(=O)=O)cc1F)C2.Cc1cc([C@@H](C)N)c(F)cc1NS(C)(=O)=O. The number of fused-ring (bicyclic) bond motifs is 2. The van der Waals surface area contributed by atoms with Crippen LogP contribution in [0.3, 0.4) is 0 Å². The molecule has 0 radical (unpaired) electrons. The number of hydrogen-bond donors (Lipinski definition) is 5. The maximum Gasteiger partial charge on any atom is 0.306 e. The van der Waals surface area contributed by atoms with Crippen molar-refractivity contribution in [2.75, 3.05) is 22.0 Å². The number of sulfonamides is 2. The number of anilines is 2. The number of nitrogens with zero attached hydrogens (tertiary/aromatic N) is 1. The minimum absolute atomic E-state index is 0.0585. The van der Waals surface area contributed by atoms with Crippen LogP contribution in [0.15, 0.2) is 54.6 Å². The highest BCUT2D eigenvalue weighted by molar-refractivity contribution is 7.92. The van der Waals surface area contributed by atoms with E-state index in [9.17, 15) is 44.8 Å². The quantitative estimate of drug-likeness (QED) is 0.0996. The molecule has 0 spiro atoms. The first-order valence-corrected chi connectivity index (χ1v) is 24.0. The van der Waals surface area contributed by atoms with Gasteiger partial charge >= 0.3 is 5.97 Å². The first-order valence-electron chi connectivity index (χ1n) is 20.2. The van der Waals surface area contributed by atoms with Crippen LogP contribution in [0.5, 0.6) is 0 Å². The molecule has 1 heterocycles. The molecule has 2 aliphatic carbocycles. The molecule has 18 heteroatoms. The van der Waals surface area contributed by atoms with Gasteiger partial charge in [0.2, 0.25) is 26.0 Å². The number of nitrogens with two attached hydrogens (primary N) is 1. The molecule has 0 aliphatic heterocycles. The molecule has 0 saturated heterocycles. The summed E-state index contributed by atoms with van der Waals surface area (Å²) in [5.41, 5.74) is 13.0. The summed E-state index contributed by atoms with van der Waals surface area (Å²) in [5.74, 6) is -2.57. The van der Waals surface area contributed by atoms with Gasteiger partial charge in [-0.1, -0.05) is 18.2 Å². The molecule has 340 valence electrons. The van der Waals surface area contributed by atoms with E-state index in [-0.39, 0.29) is 46.2 Å². The van der Waals surface area contributed by atoms with E-state index in [0.29, 0.717) is 60.1 Å². The smallest absolute Gasteiger partial charge is 0.306 e. The summed E-state index contributed by atoms with van der Waals surface area (Å²) < 4.78 is 77.6. The van der Waals surface area contributed by atoms with Gasteiger partial charge in [-0.05, 0) is 137 Å². The molecule has 1 amide bonds. The lowest BCUT2D eigenvalue weighted by molar-refractivity contribution is -0.142. The average molecular weight is 912 g/mol. The van der Waals surface area contributed by atoms with Crippen molar-refractivity contribution < 1.29 is 49.9 Å². The van der Waals surface area contributed by atoms with Crippen LogP contribution in [0.2, 0.25) is 0 Å². The lowest BCUT2D eigenvalue weighted by Gasteiger charge is -2.25. The lowest BCUT2D eigenvalue weighted by Crippen LogP contribution is -2.36. The number of Topliss-reactive ketones (excluding diaryl/α,β-unsaturated/α-hetero) is 2. The number of hydrogen-bond acceptors (Lipinski definition) is 10. The summed E-state index contributed by atoms with van der Waals surface area (Å²) in [4.78, 5) is 50.8. The monoisotopic (exact) mass is 911 g/mol. The molecule has 6 N–H and O–H groups in total. The van der Waals surface area contributed by atoms with Crippen LogP contribution < -0.4 is 20.5 Å². The Hall–Kier alpha value is -5.59. The number of carboxylic acids is 1. The minimum atomic E-state index is -3.53. The minimum Gasteiger partial charge on any atom is -0.481 e. The molecule has 0 fully saturated rings. The topological polar surface area (TPSA) is 232 Å². The molecule has 14 nitrogen and oxygen atoms in total. The Kier molecular flexibility index (Phi) is 16.5. The second-order valence-corrected chi connectivity index (χ2v) is 19.8. The highest BCUT2D eigenvalue weighted by Crippen LogP contribution is 2.30. The van der Waals surface area contributed by atoms with Gasteiger partial charge in [0.1, 0.15) is 17.3 Å². The van der Waals surface area contributed by atoms with Crippen molar-refractivity contribution in [3.63, 3.8) is 0 Å². The van der Waals surface area contributed by atoms with Gasteiger partial charge < -0.3 is 16.2 Å². The van der Waals surface area contributed by atoms with Gasteiger partial charge in [0.05, 0.1) is 35.8 Å². The highest BCUT2D eigenvalue weighted by Gasteiger charge is 2.28. The normalized spacial score (nSPS) is 16.6. The summed E-state index contributed by atoms with van der Waals surface area (Å²) in [6, 6.07) is 13.4. The molecule has 3 aromatic carbocycles. The fourth-order valence-electron chi connectivity index (χ4n) is 7.33. The van der Waals surface area contributed by atoms with E-state index in [0.717, 1.165) is 53.4 Å². The second kappa shape index (κ2) is 20.7. The zero-order chi connectivity index (χ0) is 47.1. The van der Waals surface area contributed by atoms with Crippen LogP contribution in [-0.4, -0.2) is 62.9 Å². The zero-order valence-corrected chi connectivity index (χ0v) is 38.2. The van der Waals surface area contributed by atoms with Crippen LogP contribution in [-0.2, 0) is 55.3 Å². The molecule has 2 aliphatic rings. The summed E-state index contributed by atoms with van der Waals surface area (Å²) >= 11 is 0. The van der Waals surface area contributed by atoms with Crippen molar-refractivity contribution in [1.29, 1.82) is 0 Å². The number of nitrogens with one attached hydrogen (secondary N) is 3. The molecule has 4 atom stereocenters. The van der Waals surface area contributed by atoms with E-state index in [2.05, 4.69) is 19.7 Å². The number of halogens is 2. The van der Waals surface area contributed by atoms with Crippen molar-refractivity contribution in [2.45, 2.75) is 92.2 Å². The Morgan fingerprint density at radius 3 is 1.78 bits per heavy atom. The van der Waals surface area contributed by atoms with Gasteiger partial charge in [0, 0.05) is 41.3 Å². The third-order valence-corrected chi connectivity index (χ3v) is 12.0. The molecule has 0 saturated carbocycles. The number of amides is 1. The molecule has 6 rings (SSSR count). The second-order valence-electron chi connectivity index (χ2n) is 16.3. The van der Waals surface area contributed by atoms with Gasteiger partial charge in [-0.25, -0.2) is 30.6 Å². The fraction of sp³-hybridized carbons (Fsp3) is 0.400. The number of aliphatic carboxylic acids is 1. The Morgan fingerprint density at radius 2 is 1.25 bits per heavy atom. The number of carbonyl (C=O) groups excluding carboxylic acids is 3. The van der Waals surface area contributed by atoms with E-state index < -0.39 is 49.7 Å². The number of carboxylic acid groups (broad SMARTS) is 1. The highest BCUT2D eigenvalue weighted by atomic mass is 32.2. The van der Waals surface area contributed by atoms with Gasteiger partial charge in [-0.15, -0.1) is 0 Å². The van der Waals surface area contributed by atoms with Crippen molar-refractivity contribution in [3.05, 3.63) is 122 Å². The van der Waals surface area contributed by atoms with E-state index in [1.807, 2.05) is 18.2 Å². The first-order chi connectivity index (χ1) is 29.2. The number of ketones is 2. The van der Waals surface area contributed by atoms with Crippen LogP contribution in [0.1, 0.15) is 118 Å². The summed E-state index contributed by atoms with van der Waals surface area (Å²) in [7, 11) is -6.92. The Balaban J connectivity index is 0.000000229. The predicted molar refractivity (Wildman–Crippen MR) is 238 cm³/mol. The van der Waals surface area contributed by atoms with Crippen molar-refractivity contribution in [2.24, 2.45) is 17.6 Å². The molecule has 63 heavy (non-hydrogen) atoms. The molecule has 0 bridgehead atoms. The predicted octanol–water partition coefficient (Wildman–Crippen LogP) is 6.69. The largest absolute Gasteiger partial charge is 0.481 e. The van der Waals surface area contributed by atoms with E-state index in [4.69, 9.17) is 10.8 Å². The number of rotatable bonds is 11. The number of carbonyl (C=O) groups is 4. The van der Waals surface area contributed by atoms with E-state index >= 15 is 0 Å². The van der Waals surface area contributed by atoms with Gasteiger partial charge in [0.15, 0.2) is 11.6 Å². The molecule has 4 aromatic rings. The van der Waals surface area contributed by atoms with Crippen LogP contribution in [0.25, 0.3) is 0 Å². The van der Waals surface area contributed by atoms with Crippen LogP contribution in [0.4, 0.5) is 20.2 Å². The molecule has 2 unspecified atom stereocenters. The lowest BCUT2D eigenvalue weighted by atomic mass is 9.83. The number of pyridine rings is 1. The number of aromatic nitrogens is 1. The van der Waals surface area contributed by atoms with Crippen molar-refractivity contribution >= 4 is 54.9 Å². The molecular weight excluding hydrogens is 857 g/mol. The van der Waals surface area contributed by atoms with E-state index in [1.54, 1.807) is 52.8 Å². The summed E-state index contributed by atoms with van der Waals surface area (Å²) in [5, 5.41) is 11.8. The standard InChI is InChI=1S/C22H26FN3O4S.C13H14O3.C10H15FN2O2S/c1-12-9-17(18(23)11-21(12)26-31(4,29)30)13(2)24-22(28)16-6-8-20-15(10-16)5-7-19(25-20)14(3)27;1-8(14)9-2-3-11-7-12(13(15)16)5-4-10(11)6-9;1-6-4-8(7(2)12)9(11)5-10(6)13-16(3,14)15/h5,7,9,11,13,16,26H,6,8,10H2,1-4H3,(H,24,28);2-3,6,12H,4-5,7H2,1H3,(H,15,16);4-5,7,13H,12H2,1-3H3/t13-,16?;;7-/m1.1/s1. The maximum absolute atomic E-state index is 14.6. The number of aryl methyl sites for hydroxylation is 4. The summed E-state index contributed by atoms with van der Waals surface area (Å²) in [6.07, 6.45) is 5.74. The maximum atomic E-state index is 14.6. The van der Waals surface area contributed by atoms with Crippen molar-refractivity contribution in [3.8, 4) is 0 Å². The van der Waals surface area contributed by atoms with Crippen molar-refractivity contribution in [1.82, 2.24) is 10.3 Å². The van der Waals surface area contributed by atoms with Crippen LogP contribution in [0, 0.1) is 37.3 Å². The Morgan fingerprint density at radius 1 is 0.730 bits per heavy atom. The third-order valence-electron chi connectivity index (χ3n) is 10.8.